The highest BCUT2D eigenvalue weighted by Gasteiger charge is 2.36. The topological polar surface area (TPSA) is 67.2 Å². The van der Waals surface area contributed by atoms with Gasteiger partial charge in [-0.05, 0) is 60.3 Å². The smallest absolute Gasteiger partial charge is 0.268 e. The van der Waals surface area contributed by atoms with Crippen molar-refractivity contribution in [2.45, 2.75) is 52.2 Å². The lowest BCUT2D eigenvalue weighted by Crippen LogP contribution is -2.44. The summed E-state index contributed by atoms with van der Waals surface area (Å²) in [5, 5.41) is 0. The van der Waals surface area contributed by atoms with E-state index < -0.39 is 17.7 Å². The number of ether oxygens (including phenoxy) is 1. The summed E-state index contributed by atoms with van der Waals surface area (Å²) in [5.74, 6) is -1.30. The molecule has 0 bridgehead atoms. The number of likely N-dealkylation sites (tertiary alicyclic amines) is 1. The molecule has 1 unspecified atom stereocenters. The number of nitrogens with zero attached hydrogens (tertiary/aromatic N) is 4. The lowest BCUT2D eigenvalue weighted by atomic mass is 9.89. The predicted octanol–water partition coefficient (Wildman–Crippen LogP) is 4.72. The number of amides is 2. The van der Waals surface area contributed by atoms with Crippen molar-refractivity contribution in [1.82, 2.24) is 14.3 Å². The molecule has 2 aliphatic rings. The minimum absolute atomic E-state index is 0.00669. The van der Waals surface area contributed by atoms with Crippen LogP contribution in [-0.4, -0.2) is 45.3 Å². The van der Waals surface area contributed by atoms with Crippen LogP contribution in [0.3, 0.4) is 0 Å². The zero-order valence-electron chi connectivity index (χ0n) is 19.6. The molecule has 0 aliphatic carbocycles. The Kier molecular flexibility index (Phi) is 6.03. The van der Waals surface area contributed by atoms with Gasteiger partial charge in [0, 0.05) is 38.2 Å². The Labute approximate surface area is 209 Å². The lowest BCUT2D eigenvalue weighted by molar-refractivity contribution is -0.130. The standard InChI is InChI=1S/C25H25BrF2N4O3/c1-13-22(31-11-18(26)19(27)9-23(31)29-13)12-32-21-8-17(16-5-4-6-30(10-16)15(3)33)7-20(28)24(21)35-14(2)25(32)34/h7-9,11,14,16H,4-6,10,12H2,1-3H3/t14-,16?/m1/s1. The minimum atomic E-state index is -0.866. The number of aromatic nitrogens is 2. The molecule has 0 N–H and O–H groups in total. The Morgan fingerprint density at radius 2 is 2.03 bits per heavy atom. The van der Waals surface area contributed by atoms with E-state index in [-0.39, 0.29) is 34.5 Å². The second kappa shape index (κ2) is 8.89. The Balaban J connectivity index is 1.57. The summed E-state index contributed by atoms with van der Waals surface area (Å²) in [6.07, 6.45) is 2.35. The van der Waals surface area contributed by atoms with E-state index in [9.17, 15) is 14.0 Å². The molecule has 7 nitrogen and oxygen atoms in total. The maximum Gasteiger partial charge on any atom is 0.268 e. The van der Waals surface area contributed by atoms with Crippen molar-refractivity contribution < 1.29 is 23.1 Å². The van der Waals surface area contributed by atoms with E-state index in [2.05, 4.69) is 20.9 Å². The molecule has 35 heavy (non-hydrogen) atoms. The average Bonchev–Trinajstić information content (AvgIpc) is 3.11. The van der Waals surface area contributed by atoms with Crippen molar-refractivity contribution in [3.8, 4) is 5.75 Å². The Morgan fingerprint density at radius 3 is 2.77 bits per heavy atom. The first-order valence-corrected chi connectivity index (χ1v) is 12.3. The molecule has 3 aromatic rings. The Hall–Kier alpha value is -3.01. The molecule has 2 amide bonds. The molecular weight excluding hydrogens is 522 g/mol. The van der Waals surface area contributed by atoms with Crippen molar-refractivity contribution in [2.24, 2.45) is 0 Å². The van der Waals surface area contributed by atoms with Gasteiger partial charge in [0.1, 0.15) is 11.5 Å². The van der Waals surface area contributed by atoms with E-state index in [0.29, 0.717) is 35.8 Å². The molecule has 2 aliphatic heterocycles. The van der Waals surface area contributed by atoms with Gasteiger partial charge in [0.15, 0.2) is 17.7 Å². The Bertz CT molecular complexity index is 1360. The van der Waals surface area contributed by atoms with Gasteiger partial charge in [-0.2, -0.15) is 0 Å². The van der Waals surface area contributed by atoms with Crippen LogP contribution >= 0.6 is 15.9 Å². The zero-order valence-corrected chi connectivity index (χ0v) is 21.2. The molecule has 0 radical (unpaired) electrons. The zero-order chi connectivity index (χ0) is 25.0. The highest BCUT2D eigenvalue weighted by molar-refractivity contribution is 9.10. The number of benzene rings is 1. The number of carbonyl (C=O) groups is 2. The van der Waals surface area contributed by atoms with E-state index >= 15 is 4.39 Å². The first-order chi connectivity index (χ1) is 16.6. The molecule has 4 heterocycles. The fourth-order valence-corrected chi connectivity index (χ4v) is 5.28. The van der Waals surface area contributed by atoms with E-state index in [4.69, 9.17) is 4.74 Å². The normalized spacial score (nSPS) is 20.2. The summed E-state index contributed by atoms with van der Waals surface area (Å²) in [7, 11) is 0. The first-order valence-electron chi connectivity index (χ1n) is 11.5. The summed E-state index contributed by atoms with van der Waals surface area (Å²) >= 11 is 3.21. The molecule has 5 rings (SSSR count). The third-order valence-corrected chi connectivity index (χ3v) is 7.44. The van der Waals surface area contributed by atoms with Gasteiger partial charge in [0.05, 0.1) is 28.1 Å². The summed E-state index contributed by atoms with van der Waals surface area (Å²) in [6.45, 7) is 6.22. The van der Waals surface area contributed by atoms with E-state index in [1.54, 1.807) is 35.4 Å². The predicted molar refractivity (Wildman–Crippen MR) is 129 cm³/mol. The number of piperidine rings is 1. The van der Waals surface area contributed by atoms with Crippen LogP contribution in [-0.2, 0) is 16.1 Å². The number of anilines is 1. The van der Waals surface area contributed by atoms with Crippen LogP contribution in [0.5, 0.6) is 5.75 Å². The highest BCUT2D eigenvalue weighted by Crippen LogP contribution is 2.41. The SMILES string of the molecule is CC(=O)N1CCCC(c2cc(F)c3c(c2)N(Cc2c(C)nc4cc(F)c(Br)cn24)C(=O)[C@@H](C)O3)C1. The quantitative estimate of drug-likeness (QED) is 0.476. The minimum Gasteiger partial charge on any atom is -0.476 e. The number of aryl methyl sites for hydroxylation is 1. The third kappa shape index (κ3) is 4.17. The number of hydrogen-bond acceptors (Lipinski definition) is 4. The summed E-state index contributed by atoms with van der Waals surface area (Å²) < 4.78 is 37.0. The number of pyridine rings is 1. The molecule has 0 spiro atoms. The molecule has 184 valence electrons. The second-order valence-corrected chi connectivity index (χ2v) is 10.0. The Morgan fingerprint density at radius 1 is 1.26 bits per heavy atom. The van der Waals surface area contributed by atoms with Gasteiger partial charge in [0.25, 0.3) is 5.91 Å². The fourth-order valence-electron chi connectivity index (χ4n) is 4.96. The maximum atomic E-state index is 15.3. The molecule has 0 saturated carbocycles. The van der Waals surface area contributed by atoms with Crippen molar-refractivity contribution in [1.29, 1.82) is 0 Å². The number of carbonyl (C=O) groups excluding carboxylic acids is 2. The number of hydrogen-bond donors (Lipinski definition) is 0. The fraction of sp³-hybridized carbons (Fsp3) is 0.400. The van der Waals surface area contributed by atoms with E-state index in [1.807, 2.05) is 0 Å². The van der Waals surface area contributed by atoms with Crippen LogP contribution in [0.2, 0.25) is 0 Å². The molecule has 1 fully saturated rings. The van der Waals surface area contributed by atoms with E-state index in [1.165, 1.54) is 24.0 Å². The van der Waals surface area contributed by atoms with Crippen LogP contribution < -0.4 is 9.64 Å². The van der Waals surface area contributed by atoms with Gasteiger partial charge in [-0.3, -0.25) is 14.5 Å². The van der Waals surface area contributed by atoms with Gasteiger partial charge < -0.3 is 14.0 Å². The van der Waals surface area contributed by atoms with Gasteiger partial charge >= 0.3 is 0 Å². The second-order valence-electron chi connectivity index (χ2n) is 9.18. The van der Waals surface area contributed by atoms with E-state index in [0.717, 1.165) is 18.4 Å². The van der Waals surface area contributed by atoms with Gasteiger partial charge in [-0.1, -0.05) is 0 Å². The maximum absolute atomic E-state index is 15.3. The summed E-state index contributed by atoms with van der Waals surface area (Å²) in [4.78, 5) is 32.9. The molecule has 2 aromatic heterocycles. The molecule has 1 saturated heterocycles. The molecular formula is C25H25BrF2N4O3. The van der Waals surface area contributed by atoms with Gasteiger partial charge in [-0.25, -0.2) is 13.8 Å². The number of halogens is 3. The number of imidazole rings is 1. The van der Waals surface area contributed by atoms with Crippen molar-refractivity contribution in [2.75, 3.05) is 18.0 Å². The van der Waals surface area contributed by atoms with Gasteiger partial charge in [-0.15, -0.1) is 0 Å². The lowest BCUT2D eigenvalue weighted by Gasteiger charge is -2.36. The monoisotopic (exact) mass is 546 g/mol. The summed E-state index contributed by atoms with van der Waals surface area (Å²) in [6, 6.07) is 4.57. The first kappa shape index (κ1) is 23.7. The van der Waals surface area contributed by atoms with Crippen molar-refractivity contribution in [3.63, 3.8) is 0 Å². The van der Waals surface area contributed by atoms with Gasteiger partial charge in [0.2, 0.25) is 5.91 Å². The van der Waals surface area contributed by atoms with Crippen LogP contribution in [0.4, 0.5) is 14.5 Å². The van der Waals surface area contributed by atoms with Crippen LogP contribution in [0.1, 0.15) is 49.6 Å². The van der Waals surface area contributed by atoms with Crippen LogP contribution in [0.25, 0.3) is 5.65 Å². The molecule has 2 atom stereocenters. The summed E-state index contributed by atoms with van der Waals surface area (Å²) in [5.41, 5.74) is 2.80. The van der Waals surface area contributed by atoms with Crippen LogP contribution in [0.15, 0.2) is 28.9 Å². The third-order valence-electron chi connectivity index (χ3n) is 6.86. The van der Waals surface area contributed by atoms with Crippen molar-refractivity contribution in [3.05, 3.63) is 57.5 Å². The van der Waals surface area contributed by atoms with Crippen molar-refractivity contribution >= 4 is 39.1 Å². The average molecular weight is 547 g/mol. The highest BCUT2D eigenvalue weighted by atomic mass is 79.9. The molecule has 1 aromatic carbocycles. The largest absolute Gasteiger partial charge is 0.476 e. The number of fused-ring (bicyclic) bond motifs is 2. The number of rotatable bonds is 3. The molecule has 10 heteroatoms. The van der Waals surface area contributed by atoms with Crippen LogP contribution in [0, 0.1) is 18.6 Å².